The van der Waals surface area contributed by atoms with Crippen LogP contribution in [0, 0.1) is 5.82 Å². The van der Waals surface area contributed by atoms with E-state index in [0.717, 1.165) is 11.8 Å². The van der Waals surface area contributed by atoms with Gasteiger partial charge in [0.05, 0.1) is 24.7 Å². The van der Waals surface area contributed by atoms with Crippen molar-refractivity contribution in [3.8, 4) is 17.0 Å². The smallest absolute Gasteiger partial charge is 0.249 e. The molecular weight excluding hydrogens is 409 g/mol. The molecule has 2 N–H and O–H groups in total. The van der Waals surface area contributed by atoms with Crippen molar-refractivity contribution in [1.29, 1.82) is 0 Å². The summed E-state index contributed by atoms with van der Waals surface area (Å²) < 4.78 is 45.6. The fraction of sp³-hybridized carbons (Fsp3) is 0.150. The third-order valence-electron chi connectivity index (χ3n) is 4.56. The van der Waals surface area contributed by atoms with Crippen molar-refractivity contribution in [3.63, 3.8) is 0 Å². The lowest BCUT2D eigenvalue weighted by Gasteiger charge is -2.08. The zero-order valence-corrected chi connectivity index (χ0v) is 17.0. The number of anilines is 1. The molecular formula is C20H18FN5O3S. The number of ether oxygens (including phenoxy) is 1. The van der Waals surface area contributed by atoms with Gasteiger partial charge in [0.25, 0.3) is 0 Å². The van der Waals surface area contributed by atoms with Gasteiger partial charge in [-0.1, -0.05) is 30.3 Å². The van der Waals surface area contributed by atoms with E-state index in [0.29, 0.717) is 12.3 Å². The minimum Gasteiger partial charge on any atom is -0.497 e. The molecule has 0 saturated heterocycles. The van der Waals surface area contributed by atoms with Crippen LogP contribution in [-0.2, 0) is 16.4 Å². The van der Waals surface area contributed by atoms with Crippen LogP contribution in [0.15, 0.2) is 53.7 Å². The Morgan fingerprint density at radius 2 is 1.87 bits per heavy atom. The van der Waals surface area contributed by atoms with Gasteiger partial charge >= 0.3 is 0 Å². The van der Waals surface area contributed by atoms with Crippen molar-refractivity contribution in [2.24, 2.45) is 0 Å². The molecule has 0 radical (unpaired) electrons. The van der Waals surface area contributed by atoms with E-state index < -0.39 is 20.8 Å². The van der Waals surface area contributed by atoms with E-state index >= 15 is 0 Å². The van der Waals surface area contributed by atoms with E-state index in [4.69, 9.17) is 10.5 Å². The number of rotatable bonds is 5. The van der Waals surface area contributed by atoms with Crippen molar-refractivity contribution in [1.82, 2.24) is 19.7 Å². The second-order valence-corrected chi connectivity index (χ2v) is 8.61. The lowest BCUT2D eigenvalue weighted by atomic mass is 10.1. The number of fused-ring (bicyclic) bond motifs is 1. The van der Waals surface area contributed by atoms with Crippen molar-refractivity contribution < 1.29 is 17.5 Å². The quantitative estimate of drug-likeness (QED) is 0.487. The van der Waals surface area contributed by atoms with E-state index in [-0.39, 0.29) is 28.1 Å². The van der Waals surface area contributed by atoms with Gasteiger partial charge in [0.15, 0.2) is 5.65 Å². The number of benzene rings is 2. The number of methoxy groups -OCH3 is 1. The maximum Gasteiger partial charge on any atom is 0.249 e. The van der Waals surface area contributed by atoms with Crippen LogP contribution in [0.5, 0.6) is 5.75 Å². The van der Waals surface area contributed by atoms with Gasteiger partial charge in [-0.25, -0.2) is 22.5 Å². The van der Waals surface area contributed by atoms with Crippen LogP contribution in [0.3, 0.4) is 0 Å². The molecule has 4 rings (SSSR count). The van der Waals surface area contributed by atoms with Gasteiger partial charge in [0, 0.05) is 17.9 Å². The Balaban J connectivity index is 1.98. The van der Waals surface area contributed by atoms with Crippen molar-refractivity contribution in [2.45, 2.75) is 11.7 Å². The third-order valence-corrected chi connectivity index (χ3v) is 5.40. The van der Waals surface area contributed by atoms with Crippen molar-refractivity contribution in [3.05, 3.63) is 59.9 Å². The highest BCUT2D eigenvalue weighted by Gasteiger charge is 2.23. The average Bonchev–Trinajstić information content (AvgIpc) is 3.03. The van der Waals surface area contributed by atoms with Gasteiger partial charge in [-0.3, -0.25) is 0 Å². The predicted octanol–water partition coefficient (Wildman–Crippen LogP) is 2.67. The summed E-state index contributed by atoms with van der Waals surface area (Å²) in [7, 11) is -2.35. The molecule has 0 spiro atoms. The molecule has 2 heterocycles. The third kappa shape index (κ3) is 3.57. The molecule has 0 fully saturated rings. The number of sulfone groups is 1. The highest BCUT2D eigenvalue weighted by Crippen LogP contribution is 2.34. The number of nitrogen functional groups attached to an aromatic ring is 1. The molecule has 10 heteroatoms. The molecule has 0 amide bonds. The normalized spacial score (nSPS) is 11.7. The lowest BCUT2D eigenvalue weighted by Crippen LogP contribution is -2.06. The second kappa shape index (κ2) is 7.38. The number of halogens is 1. The fourth-order valence-electron chi connectivity index (χ4n) is 3.09. The maximum absolute atomic E-state index is 14.8. The molecule has 0 aliphatic rings. The monoisotopic (exact) mass is 427 g/mol. The first-order valence-electron chi connectivity index (χ1n) is 8.90. The largest absolute Gasteiger partial charge is 0.497 e. The summed E-state index contributed by atoms with van der Waals surface area (Å²) in [6.45, 7) is 0.335. The van der Waals surface area contributed by atoms with Gasteiger partial charge in [0.1, 0.15) is 17.4 Å². The Labute approximate surface area is 172 Å². The zero-order chi connectivity index (χ0) is 21.5. The molecule has 0 aliphatic carbocycles. The molecule has 2 aromatic carbocycles. The SMILES string of the molecule is COc1ccc(-c2nc(S(C)(=O)=O)nc3nn(Cc4ccccc4)c(N)c23)c(F)c1. The van der Waals surface area contributed by atoms with Gasteiger partial charge < -0.3 is 10.5 Å². The molecule has 0 atom stereocenters. The Bertz CT molecular complexity index is 1350. The molecule has 154 valence electrons. The standard InChI is InChI=1S/C20H18FN5O3S/c1-29-13-8-9-14(15(21)10-13)17-16-18(22)26(11-12-6-4-3-5-7-12)25-19(16)24-20(23-17)30(2,27)28/h3-10H,11,22H2,1-2H3. The van der Waals surface area contributed by atoms with Crippen LogP contribution in [0.2, 0.25) is 0 Å². The van der Waals surface area contributed by atoms with Gasteiger partial charge in [-0.15, -0.1) is 5.10 Å². The number of nitrogens with zero attached hydrogens (tertiary/aromatic N) is 4. The first-order valence-corrected chi connectivity index (χ1v) is 10.8. The molecule has 2 aromatic heterocycles. The topological polar surface area (TPSA) is 113 Å². The van der Waals surface area contributed by atoms with Crippen LogP contribution in [0.1, 0.15) is 5.56 Å². The fourth-order valence-corrected chi connectivity index (χ4v) is 3.60. The first-order chi connectivity index (χ1) is 14.3. The van der Waals surface area contributed by atoms with E-state index in [9.17, 15) is 12.8 Å². The van der Waals surface area contributed by atoms with Crippen LogP contribution in [-0.4, -0.2) is 41.5 Å². The van der Waals surface area contributed by atoms with E-state index in [1.165, 1.54) is 23.9 Å². The summed E-state index contributed by atoms with van der Waals surface area (Å²) in [5.74, 6) is -0.110. The maximum atomic E-state index is 14.8. The van der Waals surface area contributed by atoms with E-state index in [1.54, 1.807) is 6.07 Å². The minimum absolute atomic E-state index is 0.0531. The highest BCUT2D eigenvalue weighted by atomic mass is 32.2. The Kier molecular flexibility index (Phi) is 4.86. The zero-order valence-electron chi connectivity index (χ0n) is 16.2. The minimum atomic E-state index is -3.77. The molecule has 0 aliphatic heterocycles. The van der Waals surface area contributed by atoms with Gasteiger partial charge in [-0.2, -0.15) is 4.98 Å². The Hall–Kier alpha value is -3.53. The summed E-state index contributed by atoms with van der Waals surface area (Å²) in [5.41, 5.74) is 7.44. The molecule has 0 bridgehead atoms. The van der Waals surface area contributed by atoms with Crippen molar-refractivity contribution >= 4 is 26.7 Å². The van der Waals surface area contributed by atoms with E-state index in [1.807, 2.05) is 30.3 Å². The van der Waals surface area contributed by atoms with Crippen molar-refractivity contribution in [2.75, 3.05) is 19.1 Å². The summed E-state index contributed by atoms with van der Waals surface area (Å²) in [6, 6.07) is 13.7. The summed E-state index contributed by atoms with van der Waals surface area (Å²) >= 11 is 0. The molecule has 0 unspecified atom stereocenters. The van der Waals surface area contributed by atoms with Crippen LogP contribution in [0.25, 0.3) is 22.3 Å². The van der Waals surface area contributed by atoms with Gasteiger partial charge in [-0.05, 0) is 17.7 Å². The average molecular weight is 427 g/mol. The molecule has 0 saturated carbocycles. The molecule has 30 heavy (non-hydrogen) atoms. The second-order valence-electron chi connectivity index (χ2n) is 6.70. The lowest BCUT2D eigenvalue weighted by molar-refractivity contribution is 0.411. The van der Waals surface area contributed by atoms with E-state index in [2.05, 4.69) is 15.1 Å². The highest BCUT2D eigenvalue weighted by molar-refractivity contribution is 7.90. The molecule has 8 nitrogen and oxygen atoms in total. The van der Waals surface area contributed by atoms with Crippen LogP contribution in [0.4, 0.5) is 10.2 Å². The number of hydrogen-bond acceptors (Lipinski definition) is 7. The molecule has 4 aromatic rings. The number of hydrogen-bond donors (Lipinski definition) is 1. The summed E-state index contributed by atoms with van der Waals surface area (Å²) in [4.78, 5) is 8.19. The van der Waals surface area contributed by atoms with Crippen LogP contribution >= 0.6 is 0 Å². The first kappa shape index (κ1) is 19.8. The Morgan fingerprint density at radius 3 is 2.50 bits per heavy atom. The number of aromatic nitrogens is 4. The summed E-state index contributed by atoms with van der Waals surface area (Å²) in [6.07, 6.45) is 0.979. The summed E-state index contributed by atoms with van der Waals surface area (Å²) in [5, 5.41) is 4.19. The predicted molar refractivity (Wildman–Crippen MR) is 110 cm³/mol. The number of nitrogens with two attached hydrogens (primary N) is 1. The Morgan fingerprint density at radius 1 is 1.13 bits per heavy atom. The van der Waals surface area contributed by atoms with Crippen LogP contribution < -0.4 is 10.5 Å². The van der Waals surface area contributed by atoms with Gasteiger partial charge in [0.2, 0.25) is 15.0 Å².